The molecular weight excluding hydrogens is 490 g/mol. The molecule has 0 bridgehead atoms. The second-order valence-electron chi connectivity index (χ2n) is 11.5. The number of aliphatic hydroxyl groups excluding tert-OH is 4. The lowest BCUT2D eigenvalue weighted by molar-refractivity contribution is -0.132. The molecule has 6 heteroatoms. The van der Waals surface area contributed by atoms with E-state index in [2.05, 4.69) is 24.4 Å². The van der Waals surface area contributed by atoms with Crippen molar-refractivity contribution in [3.8, 4) is 0 Å². The summed E-state index contributed by atoms with van der Waals surface area (Å²) in [6, 6.07) is -0.979. The third-order valence-corrected chi connectivity index (χ3v) is 7.73. The Morgan fingerprint density at radius 2 is 1.05 bits per heavy atom. The normalized spacial score (nSPS) is 14.9. The van der Waals surface area contributed by atoms with Gasteiger partial charge in [-0.1, -0.05) is 135 Å². The molecule has 0 radical (unpaired) electrons. The highest BCUT2D eigenvalue weighted by molar-refractivity contribution is 5.80. The van der Waals surface area contributed by atoms with Crippen LogP contribution in [-0.2, 0) is 4.79 Å². The SMILES string of the molecule is CCCCCCCCCCCCC/C=C\CCCCCCCCC(O)C(=O)NC(CO)C(O)C(O)CCCC. The molecule has 0 saturated carbocycles. The number of rotatable bonds is 29. The van der Waals surface area contributed by atoms with Gasteiger partial charge < -0.3 is 25.7 Å². The Hall–Kier alpha value is -0.950. The zero-order valence-electron chi connectivity index (χ0n) is 25.6. The third-order valence-electron chi connectivity index (χ3n) is 7.73. The predicted octanol–water partition coefficient (Wildman–Crippen LogP) is 7.11. The molecule has 6 nitrogen and oxygen atoms in total. The van der Waals surface area contributed by atoms with Crippen LogP contribution in [0.15, 0.2) is 12.2 Å². The molecule has 0 aromatic rings. The summed E-state index contributed by atoms with van der Waals surface area (Å²) >= 11 is 0. The molecule has 1 amide bonds. The van der Waals surface area contributed by atoms with Crippen LogP contribution >= 0.6 is 0 Å². The molecule has 5 N–H and O–H groups in total. The van der Waals surface area contributed by atoms with Crippen molar-refractivity contribution in [2.45, 2.75) is 186 Å². The summed E-state index contributed by atoms with van der Waals surface area (Å²) in [5.41, 5.74) is 0. The summed E-state index contributed by atoms with van der Waals surface area (Å²) in [7, 11) is 0. The van der Waals surface area contributed by atoms with E-state index in [0.29, 0.717) is 12.8 Å². The van der Waals surface area contributed by atoms with Crippen molar-refractivity contribution in [1.82, 2.24) is 5.32 Å². The molecule has 4 atom stereocenters. The summed E-state index contributed by atoms with van der Waals surface area (Å²) < 4.78 is 0. The number of aliphatic hydroxyl groups is 4. The van der Waals surface area contributed by atoms with Crippen molar-refractivity contribution in [1.29, 1.82) is 0 Å². The molecule has 0 saturated heterocycles. The molecule has 0 aliphatic heterocycles. The number of allylic oxidation sites excluding steroid dienone is 2. The van der Waals surface area contributed by atoms with E-state index in [1.165, 1.54) is 96.3 Å². The van der Waals surface area contributed by atoms with Gasteiger partial charge in [0.1, 0.15) is 12.2 Å². The summed E-state index contributed by atoms with van der Waals surface area (Å²) in [6.45, 7) is 3.77. The van der Waals surface area contributed by atoms with Crippen LogP contribution in [-0.4, -0.2) is 57.3 Å². The van der Waals surface area contributed by atoms with Gasteiger partial charge in [0.25, 0.3) is 0 Å². The Bertz CT molecular complexity index is 556. The quantitative estimate of drug-likeness (QED) is 0.0499. The minimum absolute atomic E-state index is 0.361. The minimum Gasteiger partial charge on any atom is -0.394 e. The fourth-order valence-electron chi connectivity index (χ4n) is 4.97. The van der Waals surface area contributed by atoms with Crippen LogP contribution in [0.5, 0.6) is 0 Å². The van der Waals surface area contributed by atoms with E-state index in [-0.39, 0.29) is 0 Å². The van der Waals surface area contributed by atoms with E-state index in [4.69, 9.17) is 0 Å². The molecule has 0 heterocycles. The fraction of sp³-hybridized carbons (Fsp3) is 0.909. The number of carbonyl (C=O) groups is 1. The standard InChI is InChI=1S/C33H65NO5/c1-3-5-7-8-9-10-11-12-13-14-15-16-17-18-19-20-21-22-23-24-25-27-31(37)33(39)34-29(28-35)32(38)30(36)26-6-4-2/h17-18,29-32,35-38H,3-16,19-28H2,1-2H3,(H,34,39)/b18-17-. The van der Waals surface area contributed by atoms with Crippen molar-refractivity contribution in [3.05, 3.63) is 12.2 Å². The van der Waals surface area contributed by atoms with E-state index in [1.807, 2.05) is 6.92 Å². The van der Waals surface area contributed by atoms with Crippen LogP contribution in [0.25, 0.3) is 0 Å². The van der Waals surface area contributed by atoms with Gasteiger partial charge in [0.2, 0.25) is 5.91 Å². The lowest BCUT2D eigenvalue weighted by Gasteiger charge is -2.27. The summed E-state index contributed by atoms with van der Waals surface area (Å²) in [6.07, 6.45) is 27.8. The Balaban J connectivity index is 3.60. The fourth-order valence-corrected chi connectivity index (χ4v) is 4.97. The largest absolute Gasteiger partial charge is 0.394 e. The summed E-state index contributed by atoms with van der Waals surface area (Å²) in [5, 5.41) is 42.3. The Morgan fingerprint density at radius 3 is 1.51 bits per heavy atom. The van der Waals surface area contributed by atoms with E-state index in [0.717, 1.165) is 38.5 Å². The van der Waals surface area contributed by atoms with Gasteiger partial charge in [-0.2, -0.15) is 0 Å². The molecule has 0 spiro atoms. The van der Waals surface area contributed by atoms with Gasteiger partial charge in [-0.05, 0) is 38.5 Å². The molecule has 232 valence electrons. The first-order valence-electron chi connectivity index (χ1n) is 16.6. The van der Waals surface area contributed by atoms with Crippen molar-refractivity contribution in [3.63, 3.8) is 0 Å². The highest BCUT2D eigenvalue weighted by atomic mass is 16.3. The molecule has 0 aromatic carbocycles. The van der Waals surface area contributed by atoms with Crippen LogP contribution in [0.1, 0.15) is 162 Å². The van der Waals surface area contributed by atoms with E-state index in [1.54, 1.807) is 0 Å². The van der Waals surface area contributed by atoms with Crippen molar-refractivity contribution in [2.24, 2.45) is 0 Å². The van der Waals surface area contributed by atoms with Crippen molar-refractivity contribution < 1.29 is 25.2 Å². The maximum Gasteiger partial charge on any atom is 0.249 e. The van der Waals surface area contributed by atoms with E-state index in [9.17, 15) is 25.2 Å². The summed E-state index contributed by atoms with van der Waals surface area (Å²) in [5.74, 6) is -0.601. The topological polar surface area (TPSA) is 110 Å². The number of hydrogen-bond acceptors (Lipinski definition) is 5. The van der Waals surface area contributed by atoms with Crippen LogP contribution in [0.2, 0.25) is 0 Å². The van der Waals surface area contributed by atoms with Crippen LogP contribution in [0.3, 0.4) is 0 Å². The zero-order chi connectivity index (χ0) is 29.0. The second kappa shape index (κ2) is 28.6. The van der Waals surface area contributed by atoms with Gasteiger partial charge in [-0.15, -0.1) is 0 Å². The monoisotopic (exact) mass is 555 g/mol. The molecular formula is C33H65NO5. The predicted molar refractivity (Wildman–Crippen MR) is 164 cm³/mol. The highest BCUT2D eigenvalue weighted by Crippen LogP contribution is 2.14. The number of amides is 1. The average molecular weight is 556 g/mol. The molecule has 4 unspecified atom stereocenters. The molecule has 0 rings (SSSR count). The number of nitrogens with one attached hydrogen (secondary N) is 1. The van der Waals surface area contributed by atoms with Gasteiger partial charge >= 0.3 is 0 Å². The molecule has 0 fully saturated rings. The van der Waals surface area contributed by atoms with Gasteiger partial charge in [0.05, 0.1) is 18.8 Å². The van der Waals surface area contributed by atoms with Gasteiger partial charge in [-0.25, -0.2) is 0 Å². The average Bonchev–Trinajstić information content (AvgIpc) is 2.94. The lowest BCUT2D eigenvalue weighted by atomic mass is 10.0. The lowest BCUT2D eigenvalue weighted by Crippen LogP contribution is -2.53. The maximum absolute atomic E-state index is 12.2. The van der Waals surface area contributed by atoms with Gasteiger partial charge in [0, 0.05) is 0 Å². The molecule has 0 aliphatic rings. The Labute approximate surface area is 241 Å². The number of hydrogen-bond donors (Lipinski definition) is 5. The first-order chi connectivity index (χ1) is 19.0. The maximum atomic E-state index is 12.2. The second-order valence-corrected chi connectivity index (χ2v) is 11.5. The van der Waals surface area contributed by atoms with E-state index >= 15 is 0 Å². The van der Waals surface area contributed by atoms with Gasteiger partial charge in [-0.3, -0.25) is 4.79 Å². The number of carbonyl (C=O) groups excluding carboxylic acids is 1. The van der Waals surface area contributed by atoms with Crippen molar-refractivity contribution in [2.75, 3.05) is 6.61 Å². The van der Waals surface area contributed by atoms with Crippen LogP contribution < -0.4 is 5.32 Å². The van der Waals surface area contributed by atoms with Crippen molar-refractivity contribution >= 4 is 5.91 Å². The number of unbranched alkanes of at least 4 members (excludes halogenated alkanes) is 18. The third kappa shape index (κ3) is 23.5. The smallest absolute Gasteiger partial charge is 0.249 e. The van der Waals surface area contributed by atoms with Crippen LogP contribution in [0, 0.1) is 0 Å². The molecule has 0 aliphatic carbocycles. The summed E-state index contributed by atoms with van der Waals surface area (Å²) in [4.78, 5) is 12.2. The van der Waals surface area contributed by atoms with Crippen LogP contribution in [0.4, 0.5) is 0 Å². The Morgan fingerprint density at radius 1 is 0.615 bits per heavy atom. The minimum atomic E-state index is -1.25. The molecule has 39 heavy (non-hydrogen) atoms. The first kappa shape index (κ1) is 38.0. The van der Waals surface area contributed by atoms with Gasteiger partial charge in [0.15, 0.2) is 0 Å². The first-order valence-corrected chi connectivity index (χ1v) is 16.6. The zero-order valence-corrected chi connectivity index (χ0v) is 25.6. The Kier molecular flexibility index (Phi) is 27.9. The highest BCUT2D eigenvalue weighted by Gasteiger charge is 2.28. The molecule has 0 aromatic heterocycles. The van der Waals surface area contributed by atoms with E-state index < -0.39 is 36.9 Å².